The van der Waals surface area contributed by atoms with Crippen LogP contribution in [0.25, 0.3) is 0 Å². The molecule has 0 unspecified atom stereocenters. The second-order valence-electron chi connectivity index (χ2n) is 6.75. The lowest BCUT2D eigenvalue weighted by atomic mass is 10.1. The summed E-state index contributed by atoms with van der Waals surface area (Å²) in [7, 11) is 0. The van der Waals surface area contributed by atoms with Gasteiger partial charge in [-0.25, -0.2) is 4.98 Å². The Balaban J connectivity index is 1.52. The molecule has 24 heavy (non-hydrogen) atoms. The maximum absolute atomic E-state index is 12.5. The van der Waals surface area contributed by atoms with Gasteiger partial charge in [0.05, 0.1) is 0 Å². The number of nitrogens with zero attached hydrogens (tertiary/aromatic N) is 3. The average molecular weight is 324 g/mol. The van der Waals surface area contributed by atoms with Gasteiger partial charge in [-0.1, -0.05) is 18.2 Å². The van der Waals surface area contributed by atoms with Crippen molar-refractivity contribution in [2.45, 2.75) is 44.7 Å². The van der Waals surface area contributed by atoms with Crippen molar-refractivity contribution < 1.29 is 0 Å². The summed E-state index contributed by atoms with van der Waals surface area (Å²) in [4.78, 5) is 19.2. The van der Waals surface area contributed by atoms with Crippen molar-refractivity contribution in [3.63, 3.8) is 0 Å². The summed E-state index contributed by atoms with van der Waals surface area (Å²) in [6.45, 7) is 2.87. The Kier molecular flexibility index (Phi) is 4.24. The van der Waals surface area contributed by atoms with Crippen molar-refractivity contribution in [2.24, 2.45) is 0 Å². The van der Waals surface area contributed by atoms with Crippen LogP contribution in [0.15, 0.2) is 41.5 Å². The molecule has 126 valence electrons. The summed E-state index contributed by atoms with van der Waals surface area (Å²) in [6.07, 6.45) is 9.56. The predicted octanol–water partition coefficient (Wildman–Crippen LogP) is 3.18. The van der Waals surface area contributed by atoms with Gasteiger partial charge in [0, 0.05) is 43.8 Å². The standard InChI is InChI=1S/C19H24N4O/c24-19-18(20-10-13-23(19)16-8-9-16)21-14-15-6-2-3-7-17(15)22-11-4-1-5-12-22/h2-3,6-7,10,13,16H,1,4-5,8-9,11-12,14H2,(H,20,21). The Morgan fingerprint density at radius 1 is 1.12 bits per heavy atom. The van der Waals surface area contributed by atoms with E-state index in [-0.39, 0.29) is 5.56 Å². The van der Waals surface area contributed by atoms with E-state index >= 15 is 0 Å². The molecule has 1 N–H and O–H groups in total. The second-order valence-corrected chi connectivity index (χ2v) is 6.75. The van der Waals surface area contributed by atoms with Crippen LogP contribution in [0.5, 0.6) is 0 Å². The summed E-state index contributed by atoms with van der Waals surface area (Å²) in [6, 6.07) is 8.85. The SMILES string of the molecule is O=c1c(NCc2ccccc2N2CCCCC2)nccn1C1CC1. The van der Waals surface area contributed by atoms with Gasteiger partial charge in [0.15, 0.2) is 5.82 Å². The zero-order chi connectivity index (χ0) is 16.4. The van der Waals surface area contributed by atoms with Crippen LogP contribution in [0.1, 0.15) is 43.7 Å². The van der Waals surface area contributed by atoms with Crippen LogP contribution < -0.4 is 15.8 Å². The highest BCUT2D eigenvalue weighted by Crippen LogP contribution is 2.33. The smallest absolute Gasteiger partial charge is 0.293 e. The molecular formula is C19H24N4O. The Labute approximate surface area is 142 Å². The van der Waals surface area contributed by atoms with Gasteiger partial charge in [-0.2, -0.15) is 0 Å². The van der Waals surface area contributed by atoms with Gasteiger partial charge in [-0.3, -0.25) is 4.79 Å². The quantitative estimate of drug-likeness (QED) is 0.918. The molecule has 2 heterocycles. The third-order valence-electron chi connectivity index (χ3n) is 4.94. The van der Waals surface area contributed by atoms with Crippen LogP contribution >= 0.6 is 0 Å². The Morgan fingerprint density at radius 2 is 1.92 bits per heavy atom. The molecule has 2 aliphatic rings. The summed E-state index contributed by atoms with van der Waals surface area (Å²) in [5, 5.41) is 3.26. The summed E-state index contributed by atoms with van der Waals surface area (Å²) in [5.41, 5.74) is 2.50. The Morgan fingerprint density at radius 3 is 2.71 bits per heavy atom. The molecular weight excluding hydrogens is 300 g/mol. The summed E-state index contributed by atoms with van der Waals surface area (Å²) in [5.74, 6) is 0.456. The minimum Gasteiger partial charge on any atom is -0.371 e. The number of benzene rings is 1. The van der Waals surface area contributed by atoms with Crippen molar-refractivity contribution in [3.8, 4) is 0 Å². The van der Waals surface area contributed by atoms with Gasteiger partial charge >= 0.3 is 0 Å². The molecule has 2 fully saturated rings. The molecule has 5 heteroatoms. The normalized spacial score (nSPS) is 17.8. The molecule has 5 nitrogen and oxygen atoms in total. The maximum atomic E-state index is 12.5. The third-order valence-corrected chi connectivity index (χ3v) is 4.94. The zero-order valence-electron chi connectivity index (χ0n) is 13.9. The molecule has 0 atom stereocenters. The molecule has 1 saturated heterocycles. The molecule has 1 aliphatic heterocycles. The molecule has 4 rings (SSSR count). The van der Waals surface area contributed by atoms with Crippen LogP contribution in [0.2, 0.25) is 0 Å². The molecule has 0 amide bonds. The number of para-hydroxylation sites is 1. The minimum atomic E-state index is -0.00421. The zero-order valence-corrected chi connectivity index (χ0v) is 13.9. The topological polar surface area (TPSA) is 50.2 Å². The van der Waals surface area contributed by atoms with Crippen LogP contribution in [0, 0.1) is 0 Å². The van der Waals surface area contributed by atoms with Gasteiger partial charge in [-0.15, -0.1) is 0 Å². The van der Waals surface area contributed by atoms with E-state index in [2.05, 4.69) is 39.5 Å². The highest BCUT2D eigenvalue weighted by molar-refractivity contribution is 5.55. The van der Waals surface area contributed by atoms with E-state index in [1.165, 1.54) is 30.5 Å². The van der Waals surface area contributed by atoms with Gasteiger partial charge in [0.25, 0.3) is 5.56 Å². The predicted molar refractivity (Wildman–Crippen MR) is 96.6 cm³/mol. The molecule has 1 aromatic carbocycles. The number of piperidine rings is 1. The van der Waals surface area contributed by atoms with E-state index in [1.54, 1.807) is 12.4 Å². The highest BCUT2D eigenvalue weighted by atomic mass is 16.1. The Hall–Kier alpha value is -2.30. The van der Waals surface area contributed by atoms with E-state index in [1.807, 2.05) is 4.57 Å². The first-order valence-electron chi connectivity index (χ1n) is 8.97. The van der Waals surface area contributed by atoms with Crippen molar-refractivity contribution in [3.05, 3.63) is 52.6 Å². The number of hydrogen-bond acceptors (Lipinski definition) is 4. The summed E-state index contributed by atoms with van der Waals surface area (Å²) >= 11 is 0. The van der Waals surface area contributed by atoms with Crippen LogP contribution in [-0.4, -0.2) is 22.6 Å². The van der Waals surface area contributed by atoms with Gasteiger partial charge < -0.3 is 14.8 Å². The lowest BCUT2D eigenvalue weighted by Crippen LogP contribution is -2.30. The van der Waals surface area contributed by atoms with E-state index < -0.39 is 0 Å². The molecule has 1 saturated carbocycles. The Bertz CT molecular complexity index is 760. The van der Waals surface area contributed by atoms with E-state index in [4.69, 9.17) is 0 Å². The largest absolute Gasteiger partial charge is 0.371 e. The van der Waals surface area contributed by atoms with Crippen molar-refractivity contribution in [1.29, 1.82) is 0 Å². The first-order chi connectivity index (χ1) is 11.8. The van der Waals surface area contributed by atoms with Crippen molar-refractivity contribution in [1.82, 2.24) is 9.55 Å². The molecule has 0 radical (unpaired) electrons. The van der Waals surface area contributed by atoms with Crippen molar-refractivity contribution >= 4 is 11.5 Å². The third kappa shape index (κ3) is 3.16. The molecule has 1 aromatic heterocycles. The summed E-state index contributed by atoms with van der Waals surface area (Å²) < 4.78 is 1.81. The number of rotatable bonds is 5. The monoisotopic (exact) mass is 324 g/mol. The van der Waals surface area contributed by atoms with E-state index in [9.17, 15) is 4.79 Å². The fourth-order valence-electron chi connectivity index (χ4n) is 3.47. The number of anilines is 2. The van der Waals surface area contributed by atoms with Gasteiger partial charge in [-0.05, 0) is 43.7 Å². The molecule has 2 aromatic rings. The van der Waals surface area contributed by atoms with Gasteiger partial charge in [0.2, 0.25) is 0 Å². The first kappa shape index (κ1) is 15.2. The minimum absolute atomic E-state index is 0.00421. The van der Waals surface area contributed by atoms with E-state index in [0.717, 1.165) is 25.9 Å². The second kappa shape index (κ2) is 6.67. The average Bonchev–Trinajstić information content (AvgIpc) is 3.47. The van der Waals surface area contributed by atoms with Crippen LogP contribution in [-0.2, 0) is 6.54 Å². The van der Waals surface area contributed by atoms with Crippen LogP contribution in [0.3, 0.4) is 0 Å². The van der Waals surface area contributed by atoms with Gasteiger partial charge in [0.1, 0.15) is 0 Å². The fourth-order valence-corrected chi connectivity index (χ4v) is 3.47. The molecule has 1 aliphatic carbocycles. The fraction of sp³-hybridized carbons (Fsp3) is 0.474. The molecule has 0 spiro atoms. The van der Waals surface area contributed by atoms with E-state index in [0.29, 0.717) is 18.4 Å². The number of hydrogen-bond donors (Lipinski definition) is 1. The maximum Gasteiger partial charge on any atom is 0.293 e. The number of nitrogens with one attached hydrogen (secondary N) is 1. The highest BCUT2D eigenvalue weighted by Gasteiger charge is 2.25. The number of aromatic nitrogens is 2. The lowest BCUT2D eigenvalue weighted by Gasteiger charge is -2.30. The van der Waals surface area contributed by atoms with Crippen molar-refractivity contribution in [2.75, 3.05) is 23.3 Å². The molecule has 0 bridgehead atoms. The lowest BCUT2D eigenvalue weighted by molar-refractivity contribution is 0.576. The van der Waals surface area contributed by atoms with Crippen LogP contribution in [0.4, 0.5) is 11.5 Å². The first-order valence-corrected chi connectivity index (χ1v) is 8.97.